The van der Waals surface area contributed by atoms with Gasteiger partial charge in [-0.15, -0.1) is 12.4 Å². The number of furan rings is 1. The Balaban J connectivity index is 0.00000208. The molecule has 24 heavy (non-hydrogen) atoms. The van der Waals surface area contributed by atoms with E-state index in [1.54, 1.807) is 0 Å². The predicted octanol–water partition coefficient (Wildman–Crippen LogP) is 6.29. The van der Waals surface area contributed by atoms with Crippen molar-refractivity contribution in [3.63, 3.8) is 0 Å². The van der Waals surface area contributed by atoms with Crippen molar-refractivity contribution in [3.8, 4) is 11.3 Å². The SMILES string of the molecule is Cc1cc(Br)ccc1-c1ccc(CNC(C)c2ccccc2)o1.Cl. The van der Waals surface area contributed by atoms with Crippen LogP contribution in [0.25, 0.3) is 11.3 Å². The van der Waals surface area contributed by atoms with Crippen LogP contribution in [0, 0.1) is 6.92 Å². The molecule has 1 N–H and O–H groups in total. The van der Waals surface area contributed by atoms with E-state index < -0.39 is 0 Å². The largest absolute Gasteiger partial charge is 0.460 e. The first-order valence-electron chi connectivity index (χ1n) is 7.77. The van der Waals surface area contributed by atoms with Gasteiger partial charge in [0, 0.05) is 16.1 Å². The summed E-state index contributed by atoms with van der Waals surface area (Å²) in [7, 11) is 0. The van der Waals surface area contributed by atoms with Gasteiger partial charge in [0.2, 0.25) is 0 Å². The zero-order chi connectivity index (χ0) is 16.2. The monoisotopic (exact) mass is 405 g/mol. The number of nitrogens with one attached hydrogen (secondary N) is 1. The van der Waals surface area contributed by atoms with Crippen molar-refractivity contribution in [1.82, 2.24) is 5.32 Å². The lowest BCUT2D eigenvalue weighted by molar-refractivity contribution is 0.468. The standard InChI is InChI=1S/C20H20BrNO.ClH/c1-14-12-17(21)8-10-19(14)20-11-9-18(23-20)13-22-15(2)16-6-4-3-5-7-16;/h3-12,15,22H,13H2,1-2H3;1H. The molecule has 126 valence electrons. The van der Waals surface area contributed by atoms with Crippen LogP contribution in [-0.4, -0.2) is 0 Å². The summed E-state index contributed by atoms with van der Waals surface area (Å²) in [5.41, 5.74) is 3.62. The second kappa shape index (κ2) is 8.52. The van der Waals surface area contributed by atoms with E-state index in [4.69, 9.17) is 4.42 Å². The van der Waals surface area contributed by atoms with E-state index in [2.05, 4.69) is 71.5 Å². The van der Waals surface area contributed by atoms with Crippen molar-refractivity contribution < 1.29 is 4.42 Å². The van der Waals surface area contributed by atoms with Crippen molar-refractivity contribution >= 4 is 28.3 Å². The van der Waals surface area contributed by atoms with E-state index in [1.165, 1.54) is 11.1 Å². The highest BCUT2D eigenvalue weighted by molar-refractivity contribution is 9.10. The molecule has 0 saturated heterocycles. The minimum Gasteiger partial charge on any atom is -0.460 e. The minimum atomic E-state index is 0. The van der Waals surface area contributed by atoms with E-state index >= 15 is 0 Å². The number of rotatable bonds is 5. The molecular formula is C20H21BrClNO. The molecule has 0 aliphatic heterocycles. The van der Waals surface area contributed by atoms with Gasteiger partial charge in [-0.3, -0.25) is 0 Å². The fraction of sp³-hybridized carbons (Fsp3) is 0.200. The summed E-state index contributed by atoms with van der Waals surface area (Å²) in [6, 6.07) is 21.0. The summed E-state index contributed by atoms with van der Waals surface area (Å²) in [6.45, 7) is 4.97. The van der Waals surface area contributed by atoms with Crippen molar-refractivity contribution in [2.45, 2.75) is 26.4 Å². The van der Waals surface area contributed by atoms with Gasteiger partial charge in [-0.05, 0) is 55.3 Å². The van der Waals surface area contributed by atoms with Gasteiger partial charge in [0.15, 0.2) is 0 Å². The van der Waals surface area contributed by atoms with E-state index in [1.807, 2.05) is 24.3 Å². The minimum absolute atomic E-state index is 0. The van der Waals surface area contributed by atoms with Crippen LogP contribution in [0.15, 0.2) is 69.6 Å². The van der Waals surface area contributed by atoms with Crippen molar-refractivity contribution in [1.29, 1.82) is 0 Å². The Morgan fingerprint density at radius 2 is 1.79 bits per heavy atom. The summed E-state index contributed by atoms with van der Waals surface area (Å²) >= 11 is 3.50. The van der Waals surface area contributed by atoms with E-state index in [0.29, 0.717) is 12.6 Å². The van der Waals surface area contributed by atoms with Crippen LogP contribution in [0.4, 0.5) is 0 Å². The Morgan fingerprint density at radius 3 is 2.50 bits per heavy atom. The smallest absolute Gasteiger partial charge is 0.134 e. The van der Waals surface area contributed by atoms with Crippen molar-refractivity contribution in [2.75, 3.05) is 0 Å². The molecule has 1 heterocycles. The average molecular weight is 407 g/mol. The topological polar surface area (TPSA) is 25.2 Å². The summed E-state index contributed by atoms with van der Waals surface area (Å²) in [4.78, 5) is 0. The molecule has 0 aliphatic carbocycles. The van der Waals surface area contributed by atoms with Crippen LogP contribution in [0.3, 0.4) is 0 Å². The van der Waals surface area contributed by atoms with Gasteiger partial charge in [-0.25, -0.2) is 0 Å². The Hall–Kier alpha value is -1.55. The summed E-state index contributed by atoms with van der Waals surface area (Å²) in [6.07, 6.45) is 0. The third kappa shape index (κ3) is 4.50. The molecule has 2 nitrogen and oxygen atoms in total. The van der Waals surface area contributed by atoms with Gasteiger partial charge in [0.05, 0.1) is 6.54 Å². The third-order valence-corrected chi connectivity index (χ3v) is 4.49. The third-order valence-electron chi connectivity index (χ3n) is 4.00. The van der Waals surface area contributed by atoms with E-state index in [-0.39, 0.29) is 12.4 Å². The molecule has 0 radical (unpaired) electrons. The number of aryl methyl sites for hydroxylation is 1. The highest BCUT2D eigenvalue weighted by Crippen LogP contribution is 2.28. The molecule has 1 atom stereocenters. The second-order valence-electron chi connectivity index (χ2n) is 5.74. The summed E-state index contributed by atoms with van der Waals surface area (Å²) in [5.74, 6) is 1.87. The number of benzene rings is 2. The van der Waals surface area contributed by atoms with Gasteiger partial charge < -0.3 is 9.73 Å². The second-order valence-corrected chi connectivity index (χ2v) is 6.65. The molecule has 0 aliphatic rings. The van der Waals surface area contributed by atoms with Gasteiger partial charge in [0.25, 0.3) is 0 Å². The quantitative estimate of drug-likeness (QED) is 0.538. The highest BCUT2D eigenvalue weighted by Gasteiger charge is 2.09. The molecule has 0 fully saturated rings. The Morgan fingerprint density at radius 1 is 1.04 bits per heavy atom. The van der Waals surface area contributed by atoms with Crippen molar-refractivity contribution in [3.05, 3.63) is 82.0 Å². The van der Waals surface area contributed by atoms with Gasteiger partial charge in [-0.2, -0.15) is 0 Å². The maximum atomic E-state index is 6.00. The van der Waals surface area contributed by atoms with Gasteiger partial charge in [0.1, 0.15) is 11.5 Å². The lowest BCUT2D eigenvalue weighted by Crippen LogP contribution is -2.17. The van der Waals surface area contributed by atoms with Gasteiger partial charge in [-0.1, -0.05) is 46.3 Å². The fourth-order valence-electron chi connectivity index (χ4n) is 2.63. The first-order chi connectivity index (χ1) is 11.1. The Labute approximate surface area is 157 Å². The zero-order valence-corrected chi connectivity index (χ0v) is 16.2. The average Bonchev–Trinajstić information content (AvgIpc) is 3.02. The van der Waals surface area contributed by atoms with Crippen LogP contribution >= 0.6 is 28.3 Å². The normalized spacial score (nSPS) is 11.8. The molecule has 0 bridgehead atoms. The molecule has 3 aromatic rings. The molecule has 0 amide bonds. The molecule has 3 rings (SSSR count). The fourth-order valence-corrected chi connectivity index (χ4v) is 3.11. The molecule has 0 spiro atoms. The van der Waals surface area contributed by atoms with Crippen LogP contribution in [-0.2, 0) is 6.54 Å². The molecular weight excluding hydrogens is 386 g/mol. The maximum Gasteiger partial charge on any atom is 0.134 e. The number of halogens is 2. The summed E-state index contributed by atoms with van der Waals surface area (Å²) in [5, 5.41) is 3.50. The molecule has 1 unspecified atom stereocenters. The predicted molar refractivity (Wildman–Crippen MR) is 106 cm³/mol. The van der Waals surface area contributed by atoms with Crippen LogP contribution in [0.2, 0.25) is 0 Å². The Bertz CT molecular complexity index is 785. The lowest BCUT2D eigenvalue weighted by atomic mass is 10.1. The lowest BCUT2D eigenvalue weighted by Gasteiger charge is -2.13. The number of hydrogen-bond donors (Lipinski definition) is 1. The van der Waals surface area contributed by atoms with Gasteiger partial charge >= 0.3 is 0 Å². The Kier molecular flexibility index (Phi) is 6.67. The molecule has 1 aromatic heterocycles. The number of hydrogen-bond acceptors (Lipinski definition) is 2. The highest BCUT2D eigenvalue weighted by atomic mass is 79.9. The van der Waals surface area contributed by atoms with Crippen LogP contribution in [0.1, 0.15) is 29.9 Å². The van der Waals surface area contributed by atoms with Crippen LogP contribution < -0.4 is 5.32 Å². The first kappa shape index (κ1) is 18.8. The first-order valence-corrected chi connectivity index (χ1v) is 8.56. The maximum absolute atomic E-state index is 6.00. The zero-order valence-electron chi connectivity index (χ0n) is 13.8. The molecule has 4 heteroatoms. The van der Waals surface area contributed by atoms with Crippen molar-refractivity contribution in [2.24, 2.45) is 0 Å². The van der Waals surface area contributed by atoms with E-state index in [9.17, 15) is 0 Å². The van der Waals surface area contributed by atoms with E-state index in [0.717, 1.165) is 21.6 Å². The van der Waals surface area contributed by atoms with Crippen LogP contribution in [0.5, 0.6) is 0 Å². The summed E-state index contributed by atoms with van der Waals surface area (Å²) < 4.78 is 7.09. The molecule has 0 saturated carbocycles. The molecule has 2 aromatic carbocycles.